The van der Waals surface area contributed by atoms with Crippen LogP contribution in [0.2, 0.25) is 0 Å². The Morgan fingerprint density at radius 2 is 1.40 bits per heavy atom. The second kappa shape index (κ2) is 14.3. The third-order valence-electron chi connectivity index (χ3n) is 7.78. The van der Waals surface area contributed by atoms with Gasteiger partial charge in [0.2, 0.25) is 5.82 Å². The van der Waals surface area contributed by atoms with Gasteiger partial charge in [0.15, 0.2) is 23.2 Å². The Morgan fingerprint density at radius 3 is 2.02 bits per heavy atom. The van der Waals surface area contributed by atoms with Gasteiger partial charge in [-0.15, -0.1) is 6.58 Å². The van der Waals surface area contributed by atoms with E-state index in [1.165, 1.54) is 44.2 Å². The molecule has 1 aliphatic rings. The molecule has 5 heteroatoms. The highest BCUT2D eigenvalue weighted by Gasteiger charge is 2.21. The van der Waals surface area contributed by atoms with Crippen LogP contribution in [0.5, 0.6) is 5.75 Å². The van der Waals surface area contributed by atoms with E-state index >= 15 is 8.78 Å². The maximum Gasteiger partial charge on any atom is 0.201 e. The van der Waals surface area contributed by atoms with Crippen LogP contribution in [0.4, 0.5) is 17.6 Å². The van der Waals surface area contributed by atoms with Crippen molar-refractivity contribution in [3.63, 3.8) is 0 Å². The minimum atomic E-state index is -1.05. The summed E-state index contributed by atoms with van der Waals surface area (Å²) in [5.41, 5.74) is 2.28. The van der Waals surface area contributed by atoms with Crippen molar-refractivity contribution in [3.05, 3.63) is 96.1 Å². The van der Waals surface area contributed by atoms with E-state index in [-0.39, 0.29) is 23.5 Å². The van der Waals surface area contributed by atoms with Crippen LogP contribution in [0.1, 0.15) is 76.7 Å². The van der Waals surface area contributed by atoms with Gasteiger partial charge in [0, 0.05) is 16.7 Å². The average Bonchev–Trinajstić information content (AvgIpc) is 2.98. The van der Waals surface area contributed by atoms with Crippen LogP contribution in [-0.2, 0) is 0 Å². The van der Waals surface area contributed by atoms with Crippen LogP contribution in [0.15, 0.2) is 67.3 Å². The van der Waals surface area contributed by atoms with Gasteiger partial charge in [0.05, 0.1) is 6.61 Å². The maximum atomic E-state index is 15.2. The number of hydrogen-bond donors (Lipinski definition) is 0. The van der Waals surface area contributed by atoms with E-state index in [4.69, 9.17) is 4.74 Å². The van der Waals surface area contributed by atoms with Crippen LogP contribution in [0.3, 0.4) is 0 Å². The van der Waals surface area contributed by atoms with Gasteiger partial charge in [-0.3, -0.25) is 0 Å². The number of unbranched alkanes of at least 4 members (excludes halogenated alkanes) is 4. The molecular weight excluding hydrogens is 512 g/mol. The van der Waals surface area contributed by atoms with E-state index in [2.05, 4.69) is 19.6 Å². The first-order valence-electron chi connectivity index (χ1n) is 14.4. The van der Waals surface area contributed by atoms with E-state index in [9.17, 15) is 8.78 Å². The molecular formula is C35H38F4O. The van der Waals surface area contributed by atoms with Crippen LogP contribution < -0.4 is 4.74 Å². The lowest BCUT2D eigenvalue weighted by Crippen LogP contribution is -2.07. The van der Waals surface area contributed by atoms with Gasteiger partial charge in [-0.25, -0.2) is 13.2 Å². The van der Waals surface area contributed by atoms with Gasteiger partial charge < -0.3 is 4.74 Å². The van der Waals surface area contributed by atoms with Gasteiger partial charge in [-0.2, -0.15) is 4.39 Å². The molecule has 0 spiro atoms. The molecule has 1 atom stereocenters. The lowest BCUT2D eigenvalue weighted by Gasteiger charge is -2.22. The zero-order chi connectivity index (χ0) is 28.5. The Morgan fingerprint density at radius 1 is 0.775 bits per heavy atom. The number of halogens is 4. The van der Waals surface area contributed by atoms with Crippen molar-refractivity contribution >= 4 is 5.57 Å². The van der Waals surface area contributed by atoms with Gasteiger partial charge in [-0.1, -0.05) is 87.6 Å². The fraction of sp³-hybridized carbons (Fsp3) is 0.371. The van der Waals surface area contributed by atoms with E-state index in [1.807, 2.05) is 0 Å². The van der Waals surface area contributed by atoms with Crippen molar-refractivity contribution in [2.45, 2.75) is 71.1 Å². The zero-order valence-corrected chi connectivity index (χ0v) is 23.3. The summed E-state index contributed by atoms with van der Waals surface area (Å²) in [6.45, 7) is 6.09. The summed E-state index contributed by atoms with van der Waals surface area (Å²) in [5, 5.41) is 0. The summed E-state index contributed by atoms with van der Waals surface area (Å²) in [6, 6.07) is 12.4. The number of benzene rings is 3. The topological polar surface area (TPSA) is 9.23 Å². The standard InChI is InChI=1S/C35H38F4O/c1-3-5-7-8-10-24-11-13-25(14-12-24)28-19-20-29(33(37)32(28)36)26-15-17-27(18-16-26)30-21-22-31(35(39)34(30)38)40-23-9-6-4-2/h4,13,15-22,24H,2-3,5-12,14,23H2,1H3. The van der Waals surface area contributed by atoms with Crippen molar-refractivity contribution < 1.29 is 22.3 Å². The molecule has 40 heavy (non-hydrogen) atoms. The van der Waals surface area contributed by atoms with Crippen molar-refractivity contribution in [2.24, 2.45) is 5.92 Å². The molecule has 0 aromatic heterocycles. The summed E-state index contributed by atoms with van der Waals surface area (Å²) in [4.78, 5) is 0. The first-order valence-corrected chi connectivity index (χ1v) is 14.4. The third kappa shape index (κ3) is 7.04. The van der Waals surface area contributed by atoms with Crippen LogP contribution in [0, 0.1) is 29.2 Å². The van der Waals surface area contributed by atoms with Crippen LogP contribution in [-0.4, -0.2) is 6.61 Å². The fourth-order valence-electron chi connectivity index (χ4n) is 5.38. The Balaban J connectivity index is 1.46. The number of allylic oxidation sites excluding steroid dienone is 3. The highest BCUT2D eigenvalue weighted by Crippen LogP contribution is 2.37. The summed E-state index contributed by atoms with van der Waals surface area (Å²) < 4.78 is 65.2. The molecule has 4 rings (SSSR count). The highest BCUT2D eigenvalue weighted by atomic mass is 19.2. The third-order valence-corrected chi connectivity index (χ3v) is 7.78. The number of ether oxygens (including phenoxy) is 1. The summed E-state index contributed by atoms with van der Waals surface area (Å²) in [7, 11) is 0. The minimum absolute atomic E-state index is 0.0670. The molecule has 3 aromatic rings. The SMILES string of the molecule is C=CCCCOc1ccc(-c2ccc(-c3ccc(C4=CCC(CCCCCC)CC4)c(F)c3F)cc2)c(F)c1F. The quantitative estimate of drug-likeness (QED) is 0.117. The Bertz CT molecular complexity index is 1330. The summed E-state index contributed by atoms with van der Waals surface area (Å²) >= 11 is 0. The van der Waals surface area contributed by atoms with E-state index < -0.39 is 23.3 Å². The van der Waals surface area contributed by atoms with Crippen molar-refractivity contribution in [3.8, 4) is 28.0 Å². The van der Waals surface area contributed by atoms with E-state index in [1.54, 1.807) is 42.5 Å². The lowest BCUT2D eigenvalue weighted by molar-refractivity contribution is 0.291. The molecule has 0 bridgehead atoms. The zero-order valence-electron chi connectivity index (χ0n) is 23.3. The molecule has 3 aromatic carbocycles. The molecule has 0 aliphatic heterocycles. The predicted molar refractivity (Wildman–Crippen MR) is 156 cm³/mol. The molecule has 1 unspecified atom stereocenters. The highest BCUT2D eigenvalue weighted by molar-refractivity contribution is 5.74. The van der Waals surface area contributed by atoms with Crippen molar-refractivity contribution in [1.29, 1.82) is 0 Å². The summed E-state index contributed by atoms with van der Waals surface area (Å²) in [6.07, 6.45) is 14.0. The molecule has 0 fully saturated rings. The molecule has 0 radical (unpaired) electrons. The second-order valence-electron chi connectivity index (χ2n) is 10.6. The first kappa shape index (κ1) is 29.6. The average molecular weight is 551 g/mol. The second-order valence-corrected chi connectivity index (χ2v) is 10.6. The van der Waals surface area contributed by atoms with Crippen LogP contribution in [0.25, 0.3) is 27.8 Å². The summed E-state index contributed by atoms with van der Waals surface area (Å²) in [5.74, 6) is -3.33. The van der Waals surface area contributed by atoms with E-state index in [0.29, 0.717) is 29.0 Å². The predicted octanol–water partition coefficient (Wildman–Crippen LogP) is 11.1. The van der Waals surface area contributed by atoms with Gasteiger partial charge in [0.25, 0.3) is 0 Å². The largest absolute Gasteiger partial charge is 0.490 e. The Labute approximate surface area is 235 Å². The smallest absolute Gasteiger partial charge is 0.201 e. The molecule has 0 amide bonds. The fourth-order valence-corrected chi connectivity index (χ4v) is 5.38. The van der Waals surface area contributed by atoms with Gasteiger partial charge in [-0.05, 0) is 66.9 Å². The lowest BCUT2D eigenvalue weighted by atomic mass is 9.83. The molecule has 1 aliphatic carbocycles. The molecule has 0 saturated carbocycles. The minimum Gasteiger partial charge on any atom is -0.490 e. The van der Waals surface area contributed by atoms with Gasteiger partial charge in [0.1, 0.15) is 0 Å². The van der Waals surface area contributed by atoms with Gasteiger partial charge >= 0.3 is 0 Å². The number of hydrogen-bond acceptors (Lipinski definition) is 1. The molecule has 0 heterocycles. The van der Waals surface area contributed by atoms with E-state index in [0.717, 1.165) is 31.3 Å². The first-order chi connectivity index (χ1) is 19.4. The Hall–Kier alpha value is -3.34. The maximum absolute atomic E-state index is 15.2. The van der Waals surface area contributed by atoms with Crippen molar-refractivity contribution in [1.82, 2.24) is 0 Å². The molecule has 0 N–H and O–H groups in total. The van der Waals surface area contributed by atoms with Crippen LogP contribution >= 0.6 is 0 Å². The monoisotopic (exact) mass is 550 g/mol. The normalized spacial score (nSPS) is 15.1. The molecule has 1 nitrogen and oxygen atoms in total. The molecule has 212 valence electrons. The Kier molecular flexibility index (Phi) is 10.6. The number of rotatable bonds is 13. The molecule has 0 saturated heterocycles. The van der Waals surface area contributed by atoms with Crippen molar-refractivity contribution in [2.75, 3.05) is 6.61 Å².